The summed E-state index contributed by atoms with van der Waals surface area (Å²) in [5.74, 6) is -3.73. The first-order valence-electron chi connectivity index (χ1n) is 5.46. The van der Waals surface area contributed by atoms with E-state index in [4.69, 9.17) is 26.2 Å². The Morgan fingerprint density at radius 2 is 1.38 bits per heavy atom. The molecule has 0 atom stereocenters. The van der Waals surface area contributed by atoms with Crippen molar-refractivity contribution in [2.75, 3.05) is 26.2 Å². The lowest BCUT2D eigenvalue weighted by atomic mass is 9.91. The smallest absolute Gasteiger partial charge is 0.317 e. The van der Waals surface area contributed by atoms with E-state index in [0.717, 1.165) is 0 Å². The number of aliphatic carboxylic acids is 3. The Bertz CT molecular complexity index is 331. The molecule has 11 nitrogen and oxygen atoms in total. The predicted octanol–water partition coefficient (Wildman–Crippen LogP) is -3.64. The number of rotatable bonds is 10. The normalized spacial score (nSPS) is 10.4. The summed E-state index contributed by atoms with van der Waals surface area (Å²) in [7, 11) is 0. The summed E-state index contributed by atoms with van der Waals surface area (Å²) >= 11 is 0. The van der Waals surface area contributed by atoms with Gasteiger partial charge in [-0.25, -0.2) is 0 Å². The van der Waals surface area contributed by atoms with Crippen LogP contribution >= 0.6 is 0 Å². The lowest BCUT2D eigenvalue weighted by molar-refractivity contribution is -0.141. The first-order valence-corrected chi connectivity index (χ1v) is 5.46. The number of aliphatic hydroxyl groups is 1. The number of nitrogens with two attached hydrogens (primary N) is 1. The number of nitrogens with zero attached hydrogens (tertiary/aromatic N) is 1. The van der Waals surface area contributed by atoms with Crippen molar-refractivity contribution in [3.63, 3.8) is 0 Å². The lowest BCUT2D eigenvalue weighted by Crippen LogP contribution is -2.54. The highest BCUT2D eigenvalue weighted by Crippen LogP contribution is 2.14. The van der Waals surface area contributed by atoms with Crippen molar-refractivity contribution >= 4 is 17.9 Å². The maximum Gasteiger partial charge on any atom is 0.317 e. The molecule has 0 aliphatic heterocycles. The van der Waals surface area contributed by atoms with Gasteiger partial charge in [0.05, 0.1) is 26.0 Å². The van der Waals surface area contributed by atoms with Crippen molar-refractivity contribution in [2.24, 2.45) is 5.73 Å². The molecule has 0 saturated heterocycles. The molecule has 0 saturated carbocycles. The molecule has 0 fully saturated rings. The molecule has 0 spiro atoms. The third kappa shape index (κ3) is 11.7. The van der Waals surface area contributed by atoms with Gasteiger partial charge in [0.25, 0.3) is 0 Å². The zero-order chi connectivity index (χ0) is 15.1. The minimum atomic E-state index is -1.59. The van der Waals surface area contributed by atoms with E-state index in [1.807, 2.05) is 0 Å². The van der Waals surface area contributed by atoms with Crippen LogP contribution in [0.15, 0.2) is 0 Å². The fourth-order valence-corrected chi connectivity index (χ4v) is 1.77. The molecule has 0 heterocycles. The van der Waals surface area contributed by atoms with Crippen LogP contribution < -0.4 is 5.73 Å². The summed E-state index contributed by atoms with van der Waals surface area (Å²) in [5, 5.41) is 34.9. The number of hydrogen-bond acceptors (Lipinski definition) is 6. The molecule has 0 unspecified atom stereocenters. The van der Waals surface area contributed by atoms with E-state index in [9.17, 15) is 14.4 Å². The molecule has 0 radical (unpaired) electrons. The van der Waals surface area contributed by atoms with Crippen LogP contribution in [0.5, 0.6) is 0 Å². The topological polar surface area (TPSA) is 224 Å². The Kier molecular flexibility index (Phi) is 12.6. The average molecular weight is 314 g/mol. The van der Waals surface area contributed by atoms with Gasteiger partial charge in [-0.2, -0.15) is 0 Å². The van der Waals surface area contributed by atoms with Gasteiger partial charge in [0, 0.05) is 18.6 Å². The van der Waals surface area contributed by atoms with Crippen LogP contribution in [0.3, 0.4) is 0 Å². The Labute approximate surface area is 120 Å². The van der Waals surface area contributed by atoms with Crippen molar-refractivity contribution in [1.82, 2.24) is 4.90 Å². The van der Waals surface area contributed by atoms with Crippen LogP contribution in [0.4, 0.5) is 0 Å². The zero-order valence-corrected chi connectivity index (χ0v) is 11.3. The van der Waals surface area contributed by atoms with Crippen LogP contribution in [0.1, 0.15) is 12.8 Å². The first kappa shape index (κ1) is 24.2. The minimum absolute atomic E-state index is 0. The summed E-state index contributed by atoms with van der Waals surface area (Å²) in [6.07, 6.45) is -1.22. The highest BCUT2D eigenvalue weighted by Gasteiger charge is 2.33. The van der Waals surface area contributed by atoms with Crippen molar-refractivity contribution in [3.05, 3.63) is 0 Å². The monoisotopic (exact) mass is 314 g/mol. The van der Waals surface area contributed by atoms with E-state index in [0.29, 0.717) is 0 Å². The molecule has 0 amide bonds. The van der Waals surface area contributed by atoms with Crippen LogP contribution in [0.2, 0.25) is 0 Å². The van der Waals surface area contributed by atoms with Gasteiger partial charge in [-0.15, -0.1) is 0 Å². The molecule has 21 heavy (non-hydrogen) atoms. The quantitative estimate of drug-likeness (QED) is 0.267. The highest BCUT2D eigenvalue weighted by molar-refractivity contribution is 5.73. The van der Waals surface area contributed by atoms with E-state index in [-0.39, 0.29) is 30.6 Å². The van der Waals surface area contributed by atoms with E-state index < -0.39 is 42.8 Å². The van der Waals surface area contributed by atoms with Gasteiger partial charge in [0.1, 0.15) is 0 Å². The number of carbonyl (C=O) groups is 3. The summed E-state index contributed by atoms with van der Waals surface area (Å²) in [5.41, 5.74) is 4.13. The Morgan fingerprint density at radius 3 is 1.67 bits per heavy atom. The number of carboxylic acids is 3. The predicted molar refractivity (Wildman–Crippen MR) is 69.8 cm³/mol. The average Bonchev–Trinajstić information content (AvgIpc) is 2.12. The molecule has 126 valence electrons. The maximum atomic E-state index is 10.7. The van der Waals surface area contributed by atoms with Gasteiger partial charge < -0.3 is 37.1 Å². The molecule has 0 aliphatic carbocycles. The SMILES string of the molecule is NC(CC(=O)O)(CC(=O)O)CN(CCO)CC(=O)O.O.O. The van der Waals surface area contributed by atoms with E-state index in [1.54, 1.807) is 0 Å². The Balaban J connectivity index is -0.00000162. The summed E-state index contributed by atoms with van der Waals surface area (Å²) in [6.45, 7) is -1.09. The van der Waals surface area contributed by atoms with Crippen molar-refractivity contribution < 1.29 is 45.8 Å². The second-order valence-electron chi connectivity index (χ2n) is 4.33. The standard InChI is InChI=1S/C10H18N2O7.2H2O/c11-10(3-7(14)15,4-8(16)17)6-12(1-2-13)5-9(18)19;;/h13H,1-6,11H2,(H,14,15)(H,16,17)(H,18,19);2*1H2. The van der Waals surface area contributed by atoms with Gasteiger partial charge >= 0.3 is 17.9 Å². The van der Waals surface area contributed by atoms with E-state index in [1.165, 1.54) is 4.90 Å². The number of hydrogen-bond donors (Lipinski definition) is 5. The zero-order valence-electron chi connectivity index (χ0n) is 11.3. The second kappa shape index (κ2) is 10.9. The second-order valence-corrected chi connectivity index (χ2v) is 4.33. The van der Waals surface area contributed by atoms with E-state index in [2.05, 4.69) is 0 Å². The van der Waals surface area contributed by atoms with Crippen molar-refractivity contribution in [1.29, 1.82) is 0 Å². The molecule has 0 bridgehead atoms. The highest BCUT2D eigenvalue weighted by atomic mass is 16.4. The molecular formula is C10H22N2O9. The minimum Gasteiger partial charge on any atom is -0.481 e. The first-order chi connectivity index (χ1) is 8.68. The fraction of sp³-hybridized carbons (Fsp3) is 0.700. The maximum absolute atomic E-state index is 10.7. The summed E-state index contributed by atoms with van der Waals surface area (Å²) < 4.78 is 0. The van der Waals surface area contributed by atoms with Gasteiger partial charge in [-0.3, -0.25) is 19.3 Å². The molecule has 0 aromatic rings. The molecule has 11 heteroatoms. The molecular weight excluding hydrogens is 292 g/mol. The lowest BCUT2D eigenvalue weighted by Gasteiger charge is -2.32. The molecule has 10 N–H and O–H groups in total. The fourth-order valence-electron chi connectivity index (χ4n) is 1.77. The molecule has 0 aliphatic rings. The van der Waals surface area contributed by atoms with E-state index >= 15 is 0 Å². The third-order valence-corrected chi connectivity index (χ3v) is 2.32. The number of carboxylic acid groups (broad SMARTS) is 3. The van der Waals surface area contributed by atoms with Crippen LogP contribution in [0, 0.1) is 0 Å². The van der Waals surface area contributed by atoms with Gasteiger partial charge in [0.15, 0.2) is 0 Å². The Hall–Kier alpha value is -1.79. The molecule has 0 aromatic heterocycles. The van der Waals surface area contributed by atoms with Crippen LogP contribution in [-0.4, -0.2) is 86.0 Å². The van der Waals surface area contributed by atoms with Gasteiger partial charge in [-0.05, 0) is 0 Å². The van der Waals surface area contributed by atoms with Crippen molar-refractivity contribution in [3.8, 4) is 0 Å². The summed E-state index contributed by atoms with van der Waals surface area (Å²) in [4.78, 5) is 33.2. The van der Waals surface area contributed by atoms with Crippen LogP contribution in [-0.2, 0) is 14.4 Å². The van der Waals surface area contributed by atoms with Gasteiger partial charge in [0.2, 0.25) is 0 Å². The van der Waals surface area contributed by atoms with Crippen molar-refractivity contribution in [2.45, 2.75) is 18.4 Å². The molecule has 0 rings (SSSR count). The number of aliphatic hydroxyl groups excluding tert-OH is 1. The summed E-state index contributed by atoms with van der Waals surface area (Å²) in [6, 6.07) is 0. The van der Waals surface area contributed by atoms with Crippen LogP contribution in [0.25, 0.3) is 0 Å². The van der Waals surface area contributed by atoms with Gasteiger partial charge in [-0.1, -0.05) is 0 Å². The largest absolute Gasteiger partial charge is 0.481 e. The third-order valence-electron chi connectivity index (χ3n) is 2.32. The molecule has 0 aromatic carbocycles. The Morgan fingerprint density at radius 1 is 0.952 bits per heavy atom.